The summed E-state index contributed by atoms with van der Waals surface area (Å²) in [6.07, 6.45) is 3.85. The smallest absolute Gasteiger partial charge is 0.0483 e. The summed E-state index contributed by atoms with van der Waals surface area (Å²) in [5.41, 5.74) is 5.80. The molecule has 1 heteroatoms. The molecule has 3 rings (SSSR count). The zero-order valence-corrected chi connectivity index (χ0v) is 15.8. The van der Waals surface area contributed by atoms with Crippen molar-refractivity contribution in [3.8, 4) is 0 Å². The Hall–Kier alpha value is -0.823. The second-order valence-electron chi connectivity index (χ2n) is 9.69. The van der Waals surface area contributed by atoms with E-state index in [1.54, 1.807) is 11.1 Å². The molecule has 0 atom stereocenters. The van der Waals surface area contributed by atoms with Gasteiger partial charge < -0.3 is 0 Å². The van der Waals surface area contributed by atoms with E-state index in [9.17, 15) is 0 Å². The maximum Gasteiger partial charge on any atom is 0.0483 e. The number of rotatable bonds is 2. The lowest BCUT2D eigenvalue weighted by atomic mass is 9.35. The van der Waals surface area contributed by atoms with Gasteiger partial charge in [0.05, 0.1) is 0 Å². The van der Waals surface area contributed by atoms with Gasteiger partial charge in [0.2, 0.25) is 0 Å². The van der Waals surface area contributed by atoms with Gasteiger partial charge in [0.25, 0.3) is 0 Å². The summed E-state index contributed by atoms with van der Waals surface area (Å²) in [7, 11) is -1.13. The van der Waals surface area contributed by atoms with E-state index in [0.29, 0.717) is 10.8 Å². The molecule has 114 valence electrons. The van der Waals surface area contributed by atoms with Crippen molar-refractivity contribution in [2.45, 2.75) is 65.2 Å². The lowest BCUT2D eigenvalue weighted by molar-refractivity contribution is -0.0889. The van der Waals surface area contributed by atoms with Crippen LogP contribution < -0.4 is 0 Å². The van der Waals surface area contributed by atoms with Crippen LogP contribution in [0.3, 0.4) is 0 Å². The van der Waals surface area contributed by atoms with Crippen molar-refractivity contribution in [2.24, 2.45) is 10.8 Å². The van der Waals surface area contributed by atoms with Crippen molar-refractivity contribution in [1.82, 2.24) is 0 Å². The fraction of sp³-hybridized carbons (Fsp3) is 0.600. The van der Waals surface area contributed by atoms with Gasteiger partial charge in [-0.05, 0) is 34.4 Å². The van der Waals surface area contributed by atoms with E-state index < -0.39 is 8.07 Å². The van der Waals surface area contributed by atoms with E-state index in [2.05, 4.69) is 77.7 Å². The topological polar surface area (TPSA) is 0 Å². The molecule has 1 aromatic rings. The monoisotopic (exact) mass is 298 g/mol. The molecule has 0 aliphatic heterocycles. The average Bonchev–Trinajstić information content (AvgIpc) is 2.60. The van der Waals surface area contributed by atoms with Crippen LogP contribution in [-0.2, 0) is 5.41 Å². The summed E-state index contributed by atoms with van der Waals surface area (Å²) >= 11 is 0. The van der Waals surface area contributed by atoms with Gasteiger partial charge in [-0.15, -0.1) is 0 Å². The number of allylic oxidation sites excluding steroid dienone is 1. The molecule has 0 amide bonds. The van der Waals surface area contributed by atoms with Crippen molar-refractivity contribution in [2.75, 3.05) is 0 Å². The Morgan fingerprint density at radius 1 is 0.952 bits per heavy atom. The molecule has 0 radical (unpaired) electrons. The highest BCUT2D eigenvalue weighted by molar-refractivity contribution is 6.76. The molecule has 1 spiro atoms. The molecule has 0 aromatic heterocycles. The molecule has 0 heterocycles. The number of benzene rings is 1. The molecule has 1 saturated carbocycles. The number of hydrogen-bond acceptors (Lipinski definition) is 0. The number of fused-ring (bicyclic) bond motifs is 2. The van der Waals surface area contributed by atoms with Gasteiger partial charge in [-0.2, -0.15) is 0 Å². The van der Waals surface area contributed by atoms with Crippen molar-refractivity contribution < 1.29 is 0 Å². The second-order valence-corrected chi connectivity index (χ2v) is 15.2. The minimum absolute atomic E-state index is 0.261. The van der Waals surface area contributed by atoms with Crippen LogP contribution in [-0.4, -0.2) is 8.07 Å². The van der Waals surface area contributed by atoms with Crippen molar-refractivity contribution in [3.63, 3.8) is 0 Å². The summed E-state index contributed by atoms with van der Waals surface area (Å²) in [6.45, 7) is 17.4. The Bertz CT molecular complexity index is 597. The highest BCUT2D eigenvalue weighted by Crippen LogP contribution is 2.74. The Morgan fingerprint density at radius 2 is 1.52 bits per heavy atom. The SMILES string of the molecule is CC1(C)CC(C)(C)C12C(C[Si](C)(C)C)=Cc1ccccc12. The van der Waals surface area contributed by atoms with Gasteiger partial charge in [0.1, 0.15) is 0 Å². The first-order valence-corrected chi connectivity index (χ1v) is 12.0. The fourth-order valence-corrected chi connectivity index (χ4v) is 7.48. The second kappa shape index (κ2) is 4.13. The highest BCUT2D eigenvalue weighted by Gasteiger charge is 2.68. The van der Waals surface area contributed by atoms with Crippen LogP contribution in [0, 0.1) is 10.8 Å². The minimum Gasteiger partial charge on any atom is -0.0693 e. The first-order chi connectivity index (χ1) is 9.51. The van der Waals surface area contributed by atoms with Crippen LogP contribution in [0.4, 0.5) is 0 Å². The van der Waals surface area contributed by atoms with Crippen LogP contribution in [0.25, 0.3) is 6.08 Å². The Kier molecular flexibility index (Phi) is 2.97. The Balaban J connectivity index is 2.22. The van der Waals surface area contributed by atoms with Crippen molar-refractivity contribution in [1.29, 1.82) is 0 Å². The molecular formula is C20H30Si. The van der Waals surface area contributed by atoms with Gasteiger partial charge in [-0.1, -0.05) is 83.3 Å². The van der Waals surface area contributed by atoms with E-state index >= 15 is 0 Å². The van der Waals surface area contributed by atoms with Gasteiger partial charge in [0, 0.05) is 13.5 Å². The third-order valence-corrected chi connectivity index (χ3v) is 7.25. The molecule has 0 saturated heterocycles. The lowest BCUT2D eigenvalue weighted by Gasteiger charge is -2.68. The molecule has 1 aromatic carbocycles. The van der Waals surface area contributed by atoms with Crippen LogP contribution >= 0.6 is 0 Å². The summed E-state index contributed by atoms with van der Waals surface area (Å²) in [6, 6.07) is 10.5. The maximum absolute atomic E-state index is 2.54. The third-order valence-electron chi connectivity index (χ3n) is 5.81. The molecule has 2 aliphatic rings. The minimum atomic E-state index is -1.13. The molecule has 2 aliphatic carbocycles. The molecule has 0 N–H and O–H groups in total. The molecule has 0 nitrogen and oxygen atoms in total. The van der Waals surface area contributed by atoms with E-state index in [4.69, 9.17) is 0 Å². The van der Waals surface area contributed by atoms with Crippen LogP contribution in [0.1, 0.15) is 45.2 Å². The lowest BCUT2D eigenvalue weighted by Crippen LogP contribution is -2.64. The molecule has 21 heavy (non-hydrogen) atoms. The predicted octanol–water partition coefficient (Wildman–Crippen LogP) is 6.12. The maximum atomic E-state index is 2.54. The molecule has 1 fully saturated rings. The predicted molar refractivity (Wildman–Crippen MR) is 96.4 cm³/mol. The first kappa shape index (κ1) is 15.1. The van der Waals surface area contributed by atoms with E-state index in [1.165, 1.54) is 18.0 Å². The van der Waals surface area contributed by atoms with Gasteiger partial charge in [-0.3, -0.25) is 0 Å². The van der Waals surface area contributed by atoms with E-state index in [1.807, 2.05) is 0 Å². The zero-order chi connectivity index (χ0) is 15.7. The van der Waals surface area contributed by atoms with E-state index in [0.717, 1.165) is 0 Å². The van der Waals surface area contributed by atoms with Crippen molar-refractivity contribution >= 4 is 14.1 Å². The Morgan fingerprint density at radius 3 is 2.05 bits per heavy atom. The first-order valence-electron chi connectivity index (χ1n) is 8.32. The van der Waals surface area contributed by atoms with Crippen LogP contribution in [0.2, 0.25) is 25.7 Å². The van der Waals surface area contributed by atoms with Gasteiger partial charge in [0.15, 0.2) is 0 Å². The van der Waals surface area contributed by atoms with Gasteiger partial charge in [-0.25, -0.2) is 0 Å². The summed E-state index contributed by atoms with van der Waals surface area (Å²) in [4.78, 5) is 0. The quantitative estimate of drug-likeness (QED) is 0.577. The summed E-state index contributed by atoms with van der Waals surface area (Å²) < 4.78 is 0. The Labute approximate surface area is 131 Å². The normalized spacial score (nSPS) is 24.4. The third kappa shape index (κ3) is 1.86. The highest BCUT2D eigenvalue weighted by atomic mass is 28.3. The number of hydrogen-bond donors (Lipinski definition) is 0. The van der Waals surface area contributed by atoms with Crippen molar-refractivity contribution in [3.05, 3.63) is 41.0 Å². The van der Waals surface area contributed by atoms with Gasteiger partial charge >= 0.3 is 0 Å². The average molecular weight is 299 g/mol. The van der Waals surface area contributed by atoms with Crippen LogP contribution in [0.15, 0.2) is 29.8 Å². The zero-order valence-electron chi connectivity index (χ0n) is 14.8. The standard InChI is InChI=1S/C20H30Si/c1-18(2)14-19(3,4)20(18)16(13-21(5,6)7)12-15-10-8-9-11-17(15)20/h8-12H,13-14H2,1-7H3. The summed E-state index contributed by atoms with van der Waals surface area (Å²) in [5.74, 6) is 0. The summed E-state index contributed by atoms with van der Waals surface area (Å²) in [5, 5.41) is 0. The molecular weight excluding hydrogens is 268 g/mol. The van der Waals surface area contributed by atoms with E-state index in [-0.39, 0.29) is 5.41 Å². The fourth-order valence-electron chi connectivity index (χ4n) is 5.97. The molecule has 0 unspecified atom stereocenters. The largest absolute Gasteiger partial charge is 0.0693 e. The molecule has 0 bridgehead atoms. The van der Waals surface area contributed by atoms with Crippen LogP contribution in [0.5, 0.6) is 0 Å².